The van der Waals surface area contributed by atoms with Gasteiger partial charge in [-0.3, -0.25) is 0 Å². The molecule has 2 rings (SSSR count). The van der Waals surface area contributed by atoms with Gasteiger partial charge in [-0.15, -0.1) is 0 Å². The molecule has 3 nitrogen and oxygen atoms in total. The van der Waals surface area contributed by atoms with Crippen molar-refractivity contribution in [3.63, 3.8) is 0 Å². The SMILES string of the molecule is COc1c(C)cc(C)cc1CCNCC1(N)CC1. The Balaban J connectivity index is 1.91. The predicted octanol–water partition coefficient (Wildman–Crippen LogP) is 1.94. The fourth-order valence-electron chi connectivity index (χ4n) is 2.42. The van der Waals surface area contributed by atoms with Crippen molar-refractivity contribution in [1.29, 1.82) is 0 Å². The number of hydrogen-bond acceptors (Lipinski definition) is 3. The van der Waals surface area contributed by atoms with Crippen LogP contribution in [0.4, 0.5) is 0 Å². The van der Waals surface area contributed by atoms with Gasteiger partial charge in [0.1, 0.15) is 5.75 Å². The molecular formula is C15H24N2O. The van der Waals surface area contributed by atoms with Gasteiger partial charge in [-0.05, 0) is 50.8 Å². The number of ether oxygens (including phenoxy) is 1. The molecule has 0 bridgehead atoms. The molecule has 3 heteroatoms. The predicted molar refractivity (Wildman–Crippen MR) is 75.2 cm³/mol. The third kappa shape index (κ3) is 3.24. The average molecular weight is 248 g/mol. The maximum absolute atomic E-state index is 6.04. The Kier molecular flexibility index (Phi) is 3.93. The Bertz CT molecular complexity index is 425. The van der Waals surface area contributed by atoms with E-state index in [0.717, 1.165) is 38.1 Å². The quantitative estimate of drug-likeness (QED) is 0.756. The van der Waals surface area contributed by atoms with Gasteiger partial charge in [-0.1, -0.05) is 17.7 Å². The summed E-state index contributed by atoms with van der Waals surface area (Å²) in [6, 6.07) is 4.37. The van der Waals surface area contributed by atoms with Crippen LogP contribution in [0.15, 0.2) is 12.1 Å². The Labute approximate surface area is 110 Å². The molecule has 1 saturated carbocycles. The summed E-state index contributed by atoms with van der Waals surface area (Å²) in [7, 11) is 1.74. The lowest BCUT2D eigenvalue weighted by Crippen LogP contribution is -2.36. The van der Waals surface area contributed by atoms with Crippen LogP contribution in [0.2, 0.25) is 0 Å². The Morgan fingerprint density at radius 3 is 2.67 bits per heavy atom. The van der Waals surface area contributed by atoms with Crippen LogP contribution in [-0.2, 0) is 6.42 Å². The van der Waals surface area contributed by atoms with E-state index in [9.17, 15) is 0 Å². The van der Waals surface area contributed by atoms with E-state index < -0.39 is 0 Å². The number of hydrogen-bond donors (Lipinski definition) is 2. The molecule has 0 saturated heterocycles. The van der Waals surface area contributed by atoms with Crippen molar-refractivity contribution in [2.75, 3.05) is 20.2 Å². The van der Waals surface area contributed by atoms with Gasteiger partial charge >= 0.3 is 0 Å². The maximum Gasteiger partial charge on any atom is 0.125 e. The fraction of sp³-hybridized carbons (Fsp3) is 0.600. The summed E-state index contributed by atoms with van der Waals surface area (Å²) in [6.45, 7) is 6.11. The minimum atomic E-state index is 0.0899. The monoisotopic (exact) mass is 248 g/mol. The van der Waals surface area contributed by atoms with Crippen LogP contribution in [0.25, 0.3) is 0 Å². The highest BCUT2D eigenvalue weighted by Crippen LogP contribution is 2.31. The van der Waals surface area contributed by atoms with E-state index in [1.54, 1.807) is 7.11 Å². The van der Waals surface area contributed by atoms with Crippen LogP contribution >= 0.6 is 0 Å². The summed E-state index contributed by atoms with van der Waals surface area (Å²) in [5.74, 6) is 1.02. The minimum Gasteiger partial charge on any atom is -0.496 e. The van der Waals surface area contributed by atoms with Crippen molar-refractivity contribution in [2.24, 2.45) is 5.73 Å². The van der Waals surface area contributed by atoms with Crippen LogP contribution in [0.1, 0.15) is 29.5 Å². The van der Waals surface area contributed by atoms with Crippen LogP contribution in [0.3, 0.4) is 0 Å². The second kappa shape index (κ2) is 5.29. The van der Waals surface area contributed by atoms with Crippen molar-refractivity contribution in [2.45, 2.75) is 38.6 Å². The average Bonchev–Trinajstić information content (AvgIpc) is 3.03. The van der Waals surface area contributed by atoms with E-state index in [0.29, 0.717) is 0 Å². The molecular weight excluding hydrogens is 224 g/mol. The first kappa shape index (κ1) is 13.4. The summed E-state index contributed by atoms with van der Waals surface area (Å²) >= 11 is 0. The van der Waals surface area contributed by atoms with Gasteiger partial charge in [0.25, 0.3) is 0 Å². The molecule has 0 unspecified atom stereocenters. The molecule has 1 fully saturated rings. The summed E-state index contributed by atoms with van der Waals surface area (Å²) in [5, 5.41) is 3.45. The Hall–Kier alpha value is -1.06. The molecule has 0 aliphatic heterocycles. The smallest absolute Gasteiger partial charge is 0.125 e. The van der Waals surface area contributed by atoms with Crippen molar-refractivity contribution in [3.05, 3.63) is 28.8 Å². The number of rotatable bonds is 6. The van der Waals surface area contributed by atoms with E-state index >= 15 is 0 Å². The molecule has 1 aliphatic carbocycles. The minimum absolute atomic E-state index is 0.0899. The number of nitrogens with one attached hydrogen (secondary N) is 1. The van der Waals surface area contributed by atoms with Crippen LogP contribution in [-0.4, -0.2) is 25.7 Å². The highest BCUT2D eigenvalue weighted by Gasteiger charge is 2.37. The number of benzene rings is 1. The van der Waals surface area contributed by atoms with Gasteiger partial charge in [0.05, 0.1) is 7.11 Å². The summed E-state index contributed by atoms with van der Waals surface area (Å²) < 4.78 is 5.49. The molecule has 0 radical (unpaired) electrons. The molecule has 0 atom stereocenters. The molecule has 0 spiro atoms. The zero-order valence-corrected chi connectivity index (χ0v) is 11.7. The number of nitrogens with two attached hydrogens (primary N) is 1. The summed E-state index contributed by atoms with van der Waals surface area (Å²) in [4.78, 5) is 0. The van der Waals surface area contributed by atoms with Gasteiger partial charge in [-0.2, -0.15) is 0 Å². The standard InChI is InChI=1S/C15H24N2O/c1-11-8-12(2)14(18-3)13(9-11)4-7-17-10-15(16)5-6-15/h8-9,17H,4-7,10,16H2,1-3H3. The summed E-state index contributed by atoms with van der Waals surface area (Å²) in [6.07, 6.45) is 3.31. The van der Waals surface area contributed by atoms with E-state index in [4.69, 9.17) is 10.5 Å². The van der Waals surface area contributed by atoms with E-state index in [2.05, 4.69) is 31.3 Å². The Morgan fingerprint density at radius 1 is 1.33 bits per heavy atom. The Morgan fingerprint density at radius 2 is 2.06 bits per heavy atom. The van der Waals surface area contributed by atoms with Crippen molar-refractivity contribution >= 4 is 0 Å². The normalized spacial score (nSPS) is 16.7. The molecule has 1 aliphatic rings. The van der Waals surface area contributed by atoms with Gasteiger partial charge in [-0.25, -0.2) is 0 Å². The zero-order valence-electron chi connectivity index (χ0n) is 11.7. The van der Waals surface area contributed by atoms with Gasteiger partial charge in [0.15, 0.2) is 0 Å². The van der Waals surface area contributed by atoms with Crippen molar-refractivity contribution in [1.82, 2.24) is 5.32 Å². The summed E-state index contributed by atoms with van der Waals surface area (Å²) in [5.41, 5.74) is 9.92. The van der Waals surface area contributed by atoms with E-state index in [1.165, 1.54) is 16.7 Å². The maximum atomic E-state index is 6.04. The number of aryl methyl sites for hydroxylation is 2. The van der Waals surface area contributed by atoms with Gasteiger partial charge in [0, 0.05) is 12.1 Å². The first-order valence-electron chi connectivity index (χ1n) is 6.68. The van der Waals surface area contributed by atoms with Crippen LogP contribution in [0.5, 0.6) is 5.75 Å². The topological polar surface area (TPSA) is 47.3 Å². The highest BCUT2D eigenvalue weighted by atomic mass is 16.5. The molecule has 18 heavy (non-hydrogen) atoms. The second-order valence-corrected chi connectivity index (χ2v) is 5.56. The lowest BCUT2D eigenvalue weighted by molar-refractivity contribution is 0.405. The first-order valence-corrected chi connectivity index (χ1v) is 6.68. The van der Waals surface area contributed by atoms with Crippen molar-refractivity contribution in [3.8, 4) is 5.75 Å². The molecule has 0 heterocycles. The van der Waals surface area contributed by atoms with Crippen LogP contribution in [0, 0.1) is 13.8 Å². The third-order valence-corrected chi connectivity index (χ3v) is 3.64. The fourth-order valence-corrected chi connectivity index (χ4v) is 2.42. The first-order chi connectivity index (χ1) is 8.54. The highest BCUT2D eigenvalue weighted by molar-refractivity contribution is 5.43. The van der Waals surface area contributed by atoms with E-state index in [1.807, 2.05) is 0 Å². The molecule has 0 aromatic heterocycles. The molecule has 1 aromatic rings. The molecule has 0 amide bonds. The number of methoxy groups -OCH3 is 1. The molecule has 3 N–H and O–H groups in total. The van der Waals surface area contributed by atoms with Gasteiger partial charge < -0.3 is 15.8 Å². The lowest BCUT2D eigenvalue weighted by Gasteiger charge is -2.14. The van der Waals surface area contributed by atoms with Crippen LogP contribution < -0.4 is 15.8 Å². The molecule has 1 aromatic carbocycles. The molecule has 100 valence electrons. The largest absolute Gasteiger partial charge is 0.496 e. The van der Waals surface area contributed by atoms with E-state index in [-0.39, 0.29) is 5.54 Å². The van der Waals surface area contributed by atoms with Gasteiger partial charge in [0.2, 0.25) is 0 Å². The third-order valence-electron chi connectivity index (χ3n) is 3.64. The zero-order chi connectivity index (χ0) is 13.2. The second-order valence-electron chi connectivity index (χ2n) is 5.56. The van der Waals surface area contributed by atoms with Crippen molar-refractivity contribution < 1.29 is 4.74 Å². The lowest BCUT2D eigenvalue weighted by atomic mass is 10.0.